The number of benzene rings is 1. The summed E-state index contributed by atoms with van der Waals surface area (Å²) in [6, 6.07) is 3.25. The van der Waals surface area contributed by atoms with Gasteiger partial charge < -0.3 is 20.4 Å². The van der Waals surface area contributed by atoms with Gasteiger partial charge in [0.25, 0.3) is 11.8 Å². The lowest BCUT2D eigenvalue weighted by atomic mass is 9.77. The molecule has 184 valence electrons. The Balaban J connectivity index is 2.22. The molecule has 3 rings (SSSR count). The second-order valence-corrected chi connectivity index (χ2v) is 7.77. The Morgan fingerprint density at radius 2 is 2.00 bits per heavy atom. The zero-order valence-corrected chi connectivity index (χ0v) is 17.6. The highest BCUT2D eigenvalue weighted by Gasteiger charge is 2.65. The monoisotopic (exact) mass is 492 g/mol. The number of methoxy groups -OCH3 is 1. The second kappa shape index (κ2) is 8.70. The van der Waals surface area contributed by atoms with Crippen LogP contribution >= 0.6 is 0 Å². The number of alkyl halides is 3. The number of carbonyl (C=O) groups is 2. The molecule has 0 saturated carbocycles. The number of amides is 2. The van der Waals surface area contributed by atoms with Crippen LogP contribution < -0.4 is 15.8 Å². The maximum Gasteiger partial charge on any atom is 0.417 e. The number of aromatic nitrogens is 1. The van der Waals surface area contributed by atoms with E-state index < -0.39 is 77.2 Å². The molecule has 0 spiro atoms. The minimum Gasteiger partial charge on any atom is -0.493 e. The van der Waals surface area contributed by atoms with Crippen molar-refractivity contribution in [3.63, 3.8) is 0 Å². The van der Waals surface area contributed by atoms with Gasteiger partial charge in [0.2, 0.25) is 5.82 Å². The predicted octanol–water partition coefficient (Wildman–Crippen LogP) is 2.68. The van der Waals surface area contributed by atoms with Crippen molar-refractivity contribution in [2.24, 2.45) is 16.6 Å². The van der Waals surface area contributed by atoms with Gasteiger partial charge in [0.05, 0.1) is 16.5 Å². The van der Waals surface area contributed by atoms with E-state index in [1.54, 1.807) is 0 Å². The van der Waals surface area contributed by atoms with E-state index in [1.807, 2.05) is 0 Å². The highest BCUT2D eigenvalue weighted by molar-refractivity contribution is 5.91. The van der Waals surface area contributed by atoms with Crippen molar-refractivity contribution >= 4 is 11.8 Å². The summed E-state index contributed by atoms with van der Waals surface area (Å²) in [5.74, 6) is -10.3. The largest absolute Gasteiger partial charge is 0.493 e. The van der Waals surface area contributed by atoms with E-state index in [-0.39, 0.29) is 5.36 Å². The van der Waals surface area contributed by atoms with E-state index in [1.165, 1.54) is 0 Å². The number of pyridine rings is 1. The molecule has 3 N–H and O–H groups in total. The smallest absolute Gasteiger partial charge is 0.417 e. The van der Waals surface area contributed by atoms with E-state index in [0.717, 1.165) is 31.3 Å². The van der Waals surface area contributed by atoms with Gasteiger partial charge in [-0.25, -0.2) is 9.38 Å². The van der Waals surface area contributed by atoms with Crippen molar-refractivity contribution in [1.29, 1.82) is 0 Å². The number of ether oxygens (including phenoxy) is 2. The molecule has 1 aliphatic rings. The molecule has 0 aliphatic carbocycles. The van der Waals surface area contributed by atoms with Crippen LogP contribution in [0.1, 0.15) is 39.9 Å². The van der Waals surface area contributed by atoms with Crippen molar-refractivity contribution in [2.45, 2.75) is 37.6 Å². The van der Waals surface area contributed by atoms with Gasteiger partial charge in [-0.1, -0.05) is 13.0 Å². The van der Waals surface area contributed by atoms with Crippen LogP contribution in [0.2, 0.25) is 0 Å². The number of nitrogens with zero attached hydrogens (tertiary/aromatic N) is 2. The lowest BCUT2D eigenvalue weighted by Gasteiger charge is -2.32. The predicted molar refractivity (Wildman–Crippen MR) is 105 cm³/mol. The van der Waals surface area contributed by atoms with Crippen LogP contribution in [-0.2, 0) is 9.53 Å². The van der Waals surface area contributed by atoms with Gasteiger partial charge >= 0.3 is 6.18 Å². The first kappa shape index (κ1) is 21.1. The lowest BCUT2D eigenvalue weighted by molar-refractivity contribution is -0.272. The summed E-state index contributed by atoms with van der Waals surface area (Å²) in [5, 5.41) is 9.32. The highest BCUT2D eigenvalue weighted by Crippen LogP contribution is 2.55. The van der Waals surface area contributed by atoms with Crippen LogP contribution in [0.5, 0.6) is 5.75 Å². The fourth-order valence-corrected chi connectivity index (χ4v) is 3.85. The van der Waals surface area contributed by atoms with E-state index in [2.05, 4.69) is 9.73 Å². The Kier molecular flexibility index (Phi) is 5.40. The number of primary amides is 1. The van der Waals surface area contributed by atoms with Crippen molar-refractivity contribution in [3.8, 4) is 5.75 Å². The van der Waals surface area contributed by atoms with E-state index in [4.69, 9.17) is 14.6 Å². The molecule has 0 radical (unpaired) electrons. The van der Waals surface area contributed by atoms with Gasteiger partial charge in [0.15, 0.2) is 17.2 Å². The Bertz CT molecular complexity index is 1310. The Labute approximate surface area is 193 Å². The molecule has 0 bridgehead atoms. The van der Waals surface area contributed by atoms with Crippen LogP contribution in [0.3, 0.4) is 0 Å². The van der Waals surface area contributed by atoms with E-state index in [9.17, 15) is 36.7 Å². The van der Waals surface area contributed by atoms with Crippen LogP contribution in [0.4, 0.5) is 22.0 Å². The van der Waals surface area contributed by atoms with Crippen LogP contribution in [0.25, 0.3) is 0 Å². The standard InChI is InChI=1S/C21H20F5N3O5/c1-9-14(11-4-5-12(22)15(23)16(11)33-3)17(34-20(9,2)21(24,25)26)19(31)28-10-6-7-29(32)13(8-10)18(27)30/h4-9,14,17,32H,1-3H3,(H2,27,30)/t9-,14+,17-,20-/m1/s1/i3D3. The molecule has 1 aromatic carbocycles. The Hall–Kier alpha value is -3.48. The van der Waals surface area contributed by atoms with Gasteiger partial charge in [-0.3, -0.25) is 9.59 Å². The van der Waals surface area contributed by atoms with Gasteiger partial charge in [-0.2, -0.15) is 22.3 Å². The molecule has 1 fully saturated rings. The topological polar surface area (TPSA) is 116 Å². The second-order valence-electron chi connectivity index (χ2n) is 7.77. The number of nitrogens with two attached hydrogens (primary N) is 1. The van der Waals surface area contributed by atoms with Crippen molar-refractivity contribution in [1.82, 2.24) is 4.73 Å². The summed E-state index contributed by atoms with van der Waals surface area (Å²) >= 11 is 0. The third-order valence-electron chi connectivity index (χ3n) is 5.86. The van der Waals surface area contributed by atoms with Crippen molar-refractivity contribution in [2.75, 3.05) is 7.04 Å². The Morgan fingerprint density at radius 1 is 1.32 bits per heavy atom. The molecule has 2 amide bonds. The van der Waals surface area contributed by atoms with Crippen LogP contribution in [0.15, 0.2) is 35.5 Å². The average molecular weight is 492 g/mol. The van der Waals surface area contributed by atoms with E-state index >= 15 is 0 Å². The quantitative estimate of drug-likeness (QED) is 0.503. The molecule has 1 saturated heterocycles. The first-order valence-electron chi connectivity index (χ1n) is 11.1. The van der Waals surface area contributed by atoms with Crippen LogP contribution in [-0.4, -0.2) is 46.7 Å². The minimum absolute atomic E-state index is 0.302. The molecular weight excluding hydrogens is 469 g/mol. The highest BCUT2D eigenvalue weighted by atomic mass is 19.4. The van der Waals surface area contributed by atoms with Gasteiger partial charge in [0, 0.05) is 23.6 Å². The molecule has 0 unspecified atom stereocenters. The first-order chi connectivity index (χ1) is 16.9. The van der Waals surface area contributed by atoms with Gasteiger partial charge in [-0.05, 0) is 25.1 Å². The number of halogens is 5. The minimum atomic E-state index is -5.06. The molecular formula is C21H20F5N3O5. The number of hydrogen-bond acceptors (Lipinski definition) is 5. The molecule has 2 aromatic rings. The molecule has 1 aliphatic heterocycles. The summed E-state index contributed by atoms with van der Waals surface area (Å²) in [6.07, 6.45) is -6.25. The summed E-state index contributed by atoms with van der Waals surface area (Å²) in [6.45, 7) is 1.68. The molecule has 2 heterocycles. The zero-order valence-electron chi connectivity index (χ0n) is 20.6. The molecule has 34 heavy (non-hydrogen) atoms. The third kappa shape index (κ3) is 4.11. The molecule has 8 nitrogen and oxygen atoms in total. The zero-order chi connectivity index (χ0) is 28.1. The fourth-order valence-electron chi connectivity index (χ4n) is 3.85. The van der Waals surface area contributed by atoms with Crippen molar-refractivity contribution < 1.29 is 50.3 Å². The van der Waals surface area contributed by atoms with Crippen LogP contribution in [0, 0.1) is 17.6 Å². The molecule has 13 heteroatoms. The van der Waals surface area contributed by atoms with Gasteiger partial charge in [0.1, 0.15) is 11.8 Å². The maximum atomic E-state index is 14.6. The van der Waals surface area contributed by atoms with Gasteiger partial charge in [-0.15, -0.1) is 0 Å². The summed E-state index contributed by atoms with van der Waals surface area (Å²) < 4.78 is 103. The maximum absolute atomic E-state index is 14.6. The van der Waals surface area contributed by atoms with E-state index in [0.29, 0.717) is 17.7 Å². The van der Waals surface area contributed by atoms with Crippen molar-refractivity contribution in [3.05, 3.63) is 58.7 Å². The average Bonchev–Trinajstić information content (AvgIpc) is 3.04. The lowest BCUT2D eigenvalue weighted by Crippen LogP contribution is -2.47. The first-order valence-corrected chi connectivity index (χ1v) is 9.59. The SMILES string of the molecule is [2H]C([2H])([2H])Oc1c([C@@H]2[C@@H](C)[C@](C)(C(F)(F)F)O[C@H]2C(=O)N=c2ccn(O)c(C(N)=O)c2)ccc(F)c1F. The number of rotatable bonds is 4. The summed E-state index contributed by atoms with van der Waals surface area (Å²) in [5.41, 5.74) is 1.03. The number of hydrogen-bond donors (Lipinski definition) is 2. The Morgan fingerprint density at radius 3 is 2.59 bits per heavy atom. The normalized spacial score (nSPS) is 27.1. The molecule has 1 aromatic heterocycles. The summed E-state index contributed by atoms with van der Waals surface area (Å²) in [7, 11) is -3.32. The third-order valence-corrected chi connectivity index (χ3v) is 5.86. The summed E-state index contributed by atoms with van der Waals surface area (Å²) in [4.78, 5) is 28.2. The fraction of sp³-hybridized carbons (Fsp3) is 0.381. The molecule has 4 atom stereocenters. The number of carbonyl (C=O) groups excluding carboxylic acids is 2.